The number of sulfonamides is 1. The van der Waals surface area contributed by atoms with Crippen LogP contribution in [0.1, 0.15) is 17.4 Å². The maximum atomic E-state index is 12.4. The quantitative estimate of drug-likeness (QED) is 0.836. The van der Waals surface area contributed by atoms with Crippen molar-refractivity contribution < 1.29 is 13.5 Å². The Hall–Kier alpha value is -1.22. The molecule has 8 heteroatoms. The summed E-state index contributed by atoms with van der Waals surface area (Å²) >= 11 is 1.25. The molecule has 0 spiro atoms. The third kappa shape index (κ3) is 3.26. The Morgan fingerprint density at radius 3 is 2.90 bits per heavy atom. The van der Waals surface area contributed by atoms with Crippen molar-refractivity contribution in [1.82, 2.24) is 14.3 Å². The fourth-order valence-corrected chi connectivity index (χ4v) is 4.93. The molecule has 2 aromatic heterocycles. The number of hydrogen-bond donors (Lipinski definition) is 2. The molecule has 2 rings (SSSR count). The molecule has 0 aliphatic carbocycles. The second-order valence-electron chi connectivity index (χ2n) is 4.61. The molecule has 1 atom stereocenters. The summed E-state index contributed by atoms with van der Waals surface area (Å²) in [4.78, 5) is 4.58. The summed E-state index contributed by atoms with van der Waals surface area (Å²) in [5, 5.41) is 11.0. The van der Waals surface area contributed by atoms with Gasteiger partial charge < -0.3 is 9.67 Å². The van der Waals surface area contributed by atoms with Gasteiger partial charge in [0.25, 0.3) is 0 Å². The Morgan fingerprint density at radius 2 is 2.30 bits per heavy atom. The van der Waals surface area contributed by atoms with Crippen LogP contribution in [0.2, 0.25) is 0 Å². The van der Waals surface area contributed by atoms with E-state index >= 15 is 0 Å². The van der Waals surface area contributed by atoms with Gasteiger partial charge >= 0.3 is 0 Å². The molecular weight excluding hydrogens is 298 g/mol. The second-order valence-corrected chi connectivity index (χ2v) is 7.23. The molecule has 0 radical (unpaired) electrons. The van der Waals surface area contributed by atoms with E-state index in [0.29, 0.717) is 17.0 Å². The second kappa shape index (κ2) is 6.04. The van der Waals surface area contributed by atoms with Gasteiger partial charge in [0.05, 0.1) is 17.8 Å². The number of imidazole rings is 1. The molecule has 1 unspecified atom stereocenters. The summed E-state index contributed by atoms with van der Waals surface area (Å²) in [7, 11) is -3.63. The van der Waals surface area contributed by atoms with Crippen LogP contribution in [-0.2, 0) is 23.2 Å². The lowest BCUT2D eigenvalue weighted by Gasteiger charge is -2.15. The zero-order valence-electron chi connectivity index (χ0n) is 11.3. The molecule has 110 valence electrons. The number of hydrogen-bond acceptors (Lipinski definition) is 5. The van der Waals surface area contributed by atoms with Gasteiger partial charge in [0.1, 0.15) is 4.90 Å². The highest BCUT2D eigenvalue weighted by Crippen LogP contribution is 2.26. The lowest BCUT2D eigenvalue weighted by molar-refractivity contribution is 0.282. The summed E-state index contributed by atoms with van der Waals surface area (Å²) in [6, 6.07) is -0.278. The highest BCUT2D eigenvalue weighted by atomic mass is 32.2. The van der Waals surface area contributed by atoms with Crippen LogP contribution in [0.3, 0.4) is 0 Å². The average Bonchev–Trinajstić information content (AvgIpc) is 2.97. The Morgan fingerprint density at radius 1 is 1.55 bits per heavy atom. The monoisotopic (exact) mass is 315 g/mol. The van der Waals surface area contributed by atoms with E-state index < -0.39 is 10.0 Å². The van der Waals surface area contributed by atoms with Gasteiger partial charge in [0.15, 0.2) is 0 Å². The first-order valence-corrected chi connectivity index (χ1v) is 8.46. The maximum Gasteiger partial charge on any atom is 0.242 e. The van der Waals surface area contributed by atoms with Crippen molar-refractivity contribution in [1.29, 1.82) is 0 Å². The largest absolute Gasteiger partial charge is 0.391 e. The van der Waals surface area contributed by atoms with Crippen molar-refractivity contribution >= 4 is 21.4 Å². The van der Waals surface area contributed by atoms with Crippen LogP contribution in [0.15, 0.2) is 29.0 Å². The number of nitrogens with zero attached hydrogens (tertiary/aromatic N) is 2. The van der Waals surface area contributed by atoms with Crippen molar-refractivity contribution in [2.24, 2.45) is 0 Å². The minimum absolute atomic E-state index is 0.197. The van der Waals surface area contributed by atoms with Crippen molar-refractivity contribution in [3.8, 4) is 0 Å². The molecule has 0 saturated heterocycles. The Kier molecular flexibility index (Phi) is 4.59. The first-order valence-electron chi connectivity index (χ1n) is 6.10. The topological polar surface area (TPSA) is 84.2 Å². The molecule has 2 heterocycles. The van der Waals surface area contributed by atoms with Gasteiger partial charge in [-0.1, -0.05) is 0 Å². The van der Waals surface area contributed by atoms with E-state index in [-0.39, 0.29) is 17.5 Å². The molecule has 0 aromatic carbocycles. The van der Waals surface area contributed by atoms with Crippen molar-refractivity contribution in [3.63, 3.8) is 0 Å². The minimum atomic E-state index is -3.63. The zero-order valence-corrected chi connectivity index (χ0v) is 12.9. The van der Waals surface area contributed by atoms with Crippen LogP contribution in [0.4, 0.5) is 0 Å². The number of thiophene rings is 1. The predicted octanol–water partition coefficient (Wildman–Crippen LogP) is 1.11. The van der Waals surface area contributed by atoms with Gasteiger partial charge in [-0.2, -0.15) is 0 Å². The van der Waals surface area contributed by atoms with Gasteiger partial charge in [0.2, 0.25) is 10.0 Å². The Labute approximate surface area is 122 Å². The number of aromatic nitrogens is 2. The standard InChI is InChI=1S/C12H17N3O3S2/c1-9-7-19-11(6-16)12(9)20(17,18)14-10(2)5-15-4-3-13-8-15/h3-4,7-8,10,14,16H,5-6H2,1-2H3. The molecule has 2 aromatic rings. The van der Waals surface area contributed by atoms with E-state index in [4.69, 9.17) is 0 Å². The molecule has 0 aliphatic rings. The number of rotatable bonds is 6. The van der Waals surface area contributed by atoms with E-state index in [1.807, 2.05) is 0 Å². The number of aliphatic hydroxyl groups is 1. The summed E-state index contributed by atoms with van der Waals surface area (Å²) < 4.78 is 29.2. The fraction of sp³-hybridized carbons (Fsp3) is 0.417. The fourth-order valence-electron chi connectivity index (χ4n) is 2.03. The molecule has 0 aliphatic heterocycles. The van der Waals surface area contributed by atoms with Crippen molar-refractivity contribution in [2.45, 2.75) is 37.9 Å². The normalized spacial score (nSPS) is 13.6. The predicted molar refractivity (Wildman–Crippen MR) is 77.0 cm³/mol. The van der Waals surface area contributed by atoms with Crippen LogP contribution in [0.25, 0.3) is 0 Å². The van der Waals surface area contributed by atoms with E-state index in [1.165, 1.54) is 11.3 Å². The smallest absolute Gasteiger partial charge is 0.242 e. The van der Waals surface area contributed by atoms with Gasteiger partial charge in [0, 0.05) is 25.0 Å². The average molecular weight is 315 g/mol. The lowest BCUT2D eigenvalue weighted by Crippen LogP contribution is -2.36. The van der Waals surface area contributed by atoms with E-state index in [9.17, 15) is 13.5 Å². The first kappa shape index (κ1) is 15.2. The Bertz CT molecular complexity index is 662. The van der Waals surface area contributed by atoms with Crippen molar-refractivity contribution in [3.05, 3.63) is 34.5 Å². The molecule has 20 heavy (non-hydrogen) atoms. The lowest BCUT2D eigenvalue weighted by atomic mass is 10.3. The summed E-state index contributed by atoms with van der Waals surface area (Å²) in [6.07, 6.45) is 5.06. The van der Waals surface area contributed by atoms with Crippen LogP contribution in [0.5, 0.6) is 0 Å². The van der Waals surface area contributed by atoms with Crippen LogP contribution < -0.4 is 4.72 Å². The molecular formula is C12H17N3O3S2. The van der Waals surface area contributed by atoms with Crippen LogP contribution in [0, 0.1) is 6.92 Å². The molecule has 0 amide bonds. The third-order valence-electron chi connectivity index (χ3n) is 2.80. The zero-order chi connectivity index (χ0) is 14.8. The summed E-state index contributed by atoms with van der Waals surface area (Å²) in [6.45, 7) is 3.74. The van der Waals surface area contributed by atoms with Gasteiger partial charge in [-0.25, -0.2) is 18.1 Å². The summed E-state index contributed by atoms with van der Waals surface area (Å²) in [5.41, 5.74) is 0.654. The van der Waals surface area contributed by atoms with Gasteiger partial charge in [-0.05, 0) is 24.8 Å². The van der Waals surface area contributed by atoms with E-state index in [2.05, 4.69) is 9.71 Å². The number of aliphatic hydroxyl groups excluding tert-OH is 1. The van der Waals surface area contributed by atoms with Crippen LogP contribution in [-0.4, -0.2) is 29.1 Å². The van der Waals surface area contributed by atoms with Crippen LogP contribution >= 0.6 is 11.3 Å². The number of nitrogens with one attached hydrogen (secondary N) is 1. The van der Waals surface area contributed by atoms with E-state index in [1.54, 1.807) is 42.5 Å². The third-order valence-corrected chi connectivity index (χ3v) is 5.84. The summed E-state index contributed by atoms with van der Waals surface area (Å²) in [5.74, 6) is 0. The Balaban J connectivity index is 2.16. The molecule has 0 fully saturated rings. The molecule has 6 nitrogen and oxygen atoms in total. The van der Waals surface area contributed by atoms with E-state index in [0.717, 1.165) is 0 Å². The first-order chi connectivity index (χ1) is 9.44. The van der Waals surface area contributed by atoms with Crippen molar-refractivity contribution in [2.75, 3.05) is 0 Å². The van der Waals surface area contributed by atoms with Gasteiger partial charge in [-0.3, -0.25) is 0 Å². The van der Waals surface area contributed by atoms with Gasteiger partial charge in [-0.15, -0.1) is 11.3 Å². The highest BCUT2D eigenvalue weighted by Gasteiger charge is 2.24. The highest BCUT2D eigenvalue weighted by molar-refractivity contribution is 7.89. The number of aryl methyl sites for hydroxylation is 1. The molecule has 2 N–H and O–H groups in total. The maximum absolute atomic E-state index is 12.4. The SMILES string of the molecule is Cc1csc(CO)c1S(=O)(=O)NC(C)Cn1ccnc1. The molecule has 0 bridgehead atoms. The molecule has 0 saturated carbocycles. The minimum Gasteiger partial charge on any atom is -0.391 e.